The smallest absolute Gasteiger partial charge is 0.361 e. The Morgan fingerprint density at radius 3 is 2.29 bits per heavy atom. The van der Waals surface area contributed by atoms with Gasteiger partial charge in [0.25, 0.3) is 0 Å². The number of halogens is 3. The van der Waals surface area contributed by atoms with Crippen LogP contribution in [0, 0.1) is 4.51 Å². The lowest BCUT2D eigenvalue weighted by Gasteiger charge is -2.11. The Hall–Kier alpha value is -2.74. The zero-order valence-electron chi connectivity index (χ0n) is 12.0. The van der Waals surface area contributed by atoms with Gasteiger partial charge in [-0.05, 0) is 23.8 Å². The molecule has 2 aromatic heterocycles. The second-order valence-electron chi connectivity index (χ2n) is 4.97. The Balaban J connectivity index is 2.15. The van der Waals surface area contributed by atoms with E-state index in [1.807, 2.05) is 0 Å². The van der Waals surface area contributed by atoms with E-state index in [2.05, 4.69) is 15.0 Å². The molecule has 0 aliphatic rings. The minimum Gasteiger partial charge on any atom is -0.361 e. The van der Waals surface area contributed by atoms with Crippen LogP contribution in [-0.2, 0) is 6.18 Å². The predicted molar refractivity (Wildman–Crippen MR) is 85.9 cm³/mol. The molecule has 4 nitrogen and oxygen atoms in total. The summed E-state index contributed by atoms with van der Waals surface area (Å²) in [7, 11) is 0. The number of pyridine rings is 1. The topological polar surface area (TPSA) is 61.5 Å². The van der Waals surface area contributed by atoms with Crippen molar-refractivity contribution < 1.29 is 13.2 Å². The molecule has 0 saturated heterocycles. The van der Waals surface area contributed by atoms with Gasteiger partial charge in [-0.1, -0.05) is 24.4 Å². The van der Waals surface area contributed by atoms with E-state index in [-0.39, 0.29) is 0 Å². The molecule has 0 amide bonds. The van der Waals surface area contributed by atoms with E-state index in [9.17, 15) is 18.0 Å². The molecule has 0 aliphatic heterocycles. The molecule has 0 radical (unpaired) electrons. The lowest BCUT2D eigenvalue weighted by atomic mass is 10.0. The van der Waals surface area contributed by atoms with Gasteiger partial charge in [0, 0.05) is 34.2 Å². The summed E-state index contributed by atoms with van der Waals surface area (Å²) in [6.45, 7) is 0. The quantitative estimate of drug-likeness (QED) is 0.682. The molecule has 0 atom stereocenters. The molecule has 0 fully saturated rings. The van der Waals surface area contributed by atoms with Crippen LogP contribution in [0.3, 0.4) is 0 Å². The predicted octanol–water partition coefficient (Wildman–Crippen LogP) is 4.18. The van der Waals surface area contributed by atoms with Gasteiger partial charge < -0.3 is 9.97 Å². The molecule has 3 rings (SSSR count). The van der Waals surface area contributed by atoms with Gasteiger partial charge >= 0.3 is 11.9 Å². The number of rotatable bonds is 2. The SMILES string of the molecule is O=c1ncc(-c2c(-c3ccc(C(F)(F)F)cc3)[nH]ccc2=S)c[nH]1. The van der Waals surface area contributed by atoms with Crippen LogP contribution in [0.2, 0.25) is 0 Å². The molecule has 0 unspecified atom stereocenters. The molecule has 24 heavy (non-hydrogen) atoms. The minimum absolute atomic E-state index is 0.484. The first-order valence-electron chi connectivity index (χ1n) is 6.81. The highest BCUT2D eigenvalue weighted by Crippen LogP contribution is 2.33. The molecule has 0 saturated carbocycles. The highest BCUT2D eigenvalue weighted by molar-refractivity contribution is 7.71. The fourth-order valence-electron chi connectivity index (χ4n) is 2.30. The van der Waals surface area contributed by atoms with Crippen molar-refractivity contribution in [2.75, 3.05) is 0 Å². The maximum atomic E-state index is 12.7. The lowest BCUT2D eigenvalue weighted by Crippen LogP contribution is -2.08. The fourth-order valence-corrected chi connectivity index (χ4v) is 2.59. The van der Waals surface area contributed by atoms with Gasteiger partial charge in [-0.3, -0.25) is 0 Å². The normalized spacial score (nSPS) is 11.5. The Morgan fingerprint density at radius 2 is 1.71 bits per heavy atom. The summed E-state index contributed by atoms with van der Waals surface area (Å²) in [6.07, 6.45) is 0.0407. The van der Waals surface area contributed by atoms with E-state index >= 15 is 0 Å². The second-order valence-corrected chi connectivity index (χ2v) is 5.41. The lowest BCUT2D eigenvalue weighted by molar-refractivity contribution is -0.137. The summed E-state index contributed by atoms with van der Waals surface area (Å²) in [5, 5.41) is 0. The molecule has 3 aromatic rings. The summed E-state index contributed by atoms with van der Waals surface area (Å²) < 4.78 is 38.6. The van der Waals surface area contributed by atoms with E-state index < -0.39 is 17.4 Å². The van der Waals surface area contributed by atoms with Gasteiger partial charge in [0.15, 0.2) is 0 Å². The number of aromatic amines is 2. The molecule has 2 N–H and O–H groups in total. The molecule has 8 heteroatoms. The third-order valence-electron chi connectivity index (χ3n) is 3.42. The monoisotopic (exact) mass is 349 g/mol. The van der Waals surface area contributed by atoms with Crippen molar-refractivity contribution in [1.82, 2.24) is 15.0 Å². The van der Waals surface area contributed by atoms with Gasteiger partial charge in [-0.2, -0.15) is 13.2 Å². The molecule has 0 bridgehead atoms. The highest BCUT2D eigenvalue weighted by atomic mass is 32.1. The molecule has 0 aliphatic carbocycles. The largest absolute Gasteiger partial charge is 0.416 e. The zero-order chi connectivity index (χ0) is 17.3. The summed E-state index contributed by atoms with van der Waals surface area (Å²) in [4.78, 5) is 20.2. The van der Waals surface area contributed by atoms with Crippen molar-refractivity contribution in [3.8, 4) is 22.4 Å². The Kier molecular flexibility index (Phi) is 4.06. The van der Waals surface area contributed by atoms with Crippen molar-refractivity contribution in [3.63, 3.8) is 0 Å². The number of alkyl halides is 3. The maximum absolute atomic E-state index is 12.7. The van der Waals surface area contributed by atoms with Gasteiger partial charge in [0.2, 0.25) is 0 Å². The second kappa shape index (κ2) is 6.04. The van der Waals surface area contributed by atoms with Crippen LogP contribution in [0.1, 0.15) is 5.56 Å². The standard InChI is InChI=1S/C16H10F3N3OS/c17-16(18,19)11-3-1-9(2-4-11)14-13(12(24)5-6-20-14)10-7-21-15(23)22-8-10/h1-8H,(H,20,24)(H,21,22,23). The van der Waals surface area contributed by atoms with Crippen molar-refractivity contribution in [3.05, 3.63) is 69.5 Å². The van der Waals surface area contributed by atoms with Crippen LogP contribution < -0.4 is 5.69 Å². The number of nitrogens with one attached hydrogen (secondary N) is 2. The van der Waals surface area contributed by atoms with Gasteiger partial charge in [-0.15, -0.1) is 0 Å². The molecule has 122 valence electrons. The van der Waals surface area contributed by atoms with E-state index in [0.29, 0.717) is 26.9 Å². The van der Waals surface area contributed by atoms with E-state index in [4.69, 9.17) is 12.2 Å². The summed E-state index contributed by atoms with van der Waals surface area (Å²) in [5.74, 6) is 0. The molecule has 0 spiro atoms. The Morgan fingerprint density at radius 1 is 1.00 bits per heavy atom. The third-order valence-corrected chi connectivity index (χ3v) is 3.76. The molecule has 2 heterocycles. The van der Waals surface area contributed by atoms with Crippen molar-refractivity contribution >= 4 is 12.2 Å². The van der Waals surface area contributed by atoms with Gasteiger partial charge in [0.1, 0.15) is 0 Å². The number of hydrogen-bond donors (Lipinski definition) is 2. The van der Waals surface area contributed by atoms with Gasteiger partial charge in [0.05, 0.1) is 11.3 Å². The van der Waals surface area contributed by atoms with Crippen LogP contribution in [-0.4, -0.2) is 15.0 Å². The van der Waals surface area contributed by atoms with Crippen molar-refractivity contribution in [1.29, 1.82) is 0 Å². The Labute approximate surface area is 139 Å². The molecule has 1 aromatic carbocycles. The Bertz CT molecular complexity index is 970. The molecular weight excluding hydrogens is 339 g/mol. The first-order valence-corrected chi connectivity index (χ1v) is 7.21. The molecular formula is C16H10F3N3OS. The summed E-state index contributed by atoms with van der Waals surface area (Å²) >= 11 is 5.32. The fraction of sp³-hybridized carbons (Fsp3) is 0.0625. The zero-order valence-corrected chi connectivity index (χ0v) is 12.8. The van der Waals surface area contributed by atoms with E-state index in [1.54, 1.807) is 12.3 Å². The minimum atomic E-state index is -4.40. The number of aromatic nitrogens is 3. The first-order chi connectivity index (χ1) is 11.4. The van der Waals surface area contributed by atoms with Crippen LogP contribution in [0.4, 0.5) is 13.2 Å². The number of hydrogen-bond acceptors (Lipinski definition) is 3. The average Bonchev–Trinajstić information content (AvgIpc) is 2.55. The number of benzene rings is 1. The average molecular weight is 349 g/mol. The first kappa shape index (κ1) is 16.1. The van der Waals surface area contributed by atoms with Gasteiger partial charge in [-0.25, -0.2) is 9.78 Å². The number of nitrogens with zero attached hydrogens (tertiary/aromatic N) is 1. The van der Waals surface area contributed by atoms with Crippen molar-refractivity contribution in [2.24, 2.45) is 0 Å². The number of H-pyrrole nitrogens is 2. The maximum Gasteiger partial charge on any atom is 0.416 e. The van der Waals surface area contributed by atoms with Crippen molar-refractivity contribution in [2.45, 2.75) is 6.18 Å². The van der Waals surface area contributed by atoms with E-state index in [0.717, 1.165) is 12.1 Å². The van der Waals surface area contributed by atoms with Crippen LogP contribution in [0.25, 0.3) is 22.4 Å². The van der Waals surface area contributed by atoms with Crippen LogP contribution in [0.5, 0.6) is 0 Å². The summed E-state index contributed by atoms with van der Waals surface area (Å²) in [5.41, 5.74) is 0.997. The highest BCUT2D eigenvalue weighted by Gasteiger charge is 2.30. The van der Waals surface area contributed by atoms with E-state index in [1.165, 1.54) is 24.5 Å². The third kappa shape index (κ3) is 3.13. The van der Waals surface area contributed by atoms with Crippen LogP contribution in [0.15, 0.2) is 53.7 Å². The van der Waals surface area contributed by atoms with Crippen LogP contribution >= 0.6 is 12.2 Å². The summed E-state index contributed by atoms with van der Waals surface area (Å²) in [6, 6.07) is 6.41.